The van der Waals surface area contributed by atoms with Crippen LogP contribution in [0.5, 0.6) is 5.75 Å². The van der Waals surface area contributed by atoms with Crippen LogP contribution in [0.3, 0.4) is 0 Å². The number of halogens is 1. The van der Waals surface area contributed by atoms with Gasteiger partial charge in [-0.15, -0.1) is 0 Å². The third-order valence-electron chi connectivity index (χ3n) is 3.08. The molecule has 7 heteroatoms. The lowest BCUT2D eigenvalue weighted by atomic mass is 10.1. The zero-order valence-electron chi connectivity index (χ0n) is 11.9. The van der Waals surface area contributed by atoms with Gasteiger partial charge in [0.05, 0.1) is 11.6 Å². The third kappa shape index (κ3) is 3.62. The molecule has 0 atom stereocenters. The van der Waals surface area contributed by atoms with Crippen LogP contribution >= 0.6 is 15.9 Å². The van der Waals surface area contributed by atoms with Crippen molar-refractivity contribution in [3.63, 3.8) is 0 Å². The van der Waals surface area contributed by atoms with Crippen LogP contribution < -0.4 is 9.61 Å². The van der Waals surface area contributed by atoms with Gasteiger partial charge in [-0.2, -0.15) is 8.42 Å². The fourth-order valence-electron chi connectivity index (χ4n) is 2.12. The molecule has 0 aliphatic heterocycles. The Labute approximate surface area is 140 Å². The third-order valence-corrected chi connectivity index (χ3v) is 4.10. The number of rotatable bonds is 3. The van der Waals surface area contributed by atoms with Crippen LogP contribution in [0.1, 0.15) is 0 Å². The molecule has 0 unspecified atom stereocenters. The van der Waals surface area contributed by atoms with E-state index in [9.17, 15) is 13.2 Å². The maximum absolute atomic E-state index is 12.2. The maximum atomic E-state index is 12.2. The molecule has 2 aromatic carbocycles. The van der Waals surface area contributed by atoms with Crippen molar-refractivity contribution in [3.05, 3.63) is 63.2 Å². The van der Waals surface area contributed by atoms with E-state index in [-0.39, 0.29) is 16.8 Å². The first-order valence-corrected chi connectivity index (χ1v) is 9.16. The molecule has 0 saturated carbocycles. The molecule has 0 amide bonds. The lowest BCUT2D eigenvalue weighted by molar-refractivity contribution is 0.492. The van der Waals surface area contributed by atoms with Gasteiger partial charge in [0.25, 0.3) is 0 Å². The van der Waals surface area contributed by atoms with Gasteiger partial charge in [0, 0.05) is 22.2 Å². The molecular weight excluding hydrogens is 384 g/mol. The highest BCUT2D eigenvalue weighted by Crippen LogP contribution is 2.26. The van der Waals surface area contributed by atoms with Gasteiger partial charge >= 0.3 is 10.1 Å². The van der Waals surface area contributed by atoms with E-state index in [1.807, 2.05) is 24.3 Å². The Hall–Kier alpha value is -2.12. The molecule has 23 heavy (non-hydrogen) atoms. The summed E-state index contributed by atoms with van der Waals surface area (Å²) in [5.41, 5.74) is 0.785. The minimum atomic E-state index is -3.65. The summed E-state index contributed by atoms with van der Waals surface area (Å²) >= 11 is 3.34. The Morgan fingerprint density at radius 2 is 1.74 bits per heavy atom. The zero-order valence-corrected chi connectivity index (χ0v) is 14.3. The summed E-state index contributed by atoms with van der Waals surface area (Å²) in [6.07, 6.45) is 0.950. The monoisotopic (exact) mass is 394 g/mol. The van der Waals surface area contributed by atoms with Crippen LogP contribution in [0.2, 0.25) is 0 Å². The average Bonchev–Trinajstić information content (AvgIpc) is 2.45. The van der Waals surface area contributed by atoms with E-state index < -0.39 is 10.1 Å². The molecule has 0 fully saturated rings. The molecule has 0 spiro atoms. The van der Waals surface area contributed by atoms with E-state index in [2.05, 4.69) is 15.9 Å². The van der Waals surface area contributed by atoms with E-state index in [0.29, 0.717) is 11.1 Å². The molecule has 0 N–H and O–H groups in total. The summed E-state index contributed by atoms with van der Waals surface area (Å²) in [6, 6.07) is 13.0. The van der Waals surface area contributed by atoms with Crippen LogP contribution in [-0.4, -0.2) is 14.7 Å². The van der Waals surface area contributed by atoms with Gasteiger partial charge in [-0.1, -0.05) is 28.1 Å². The van der Waals surface area contributed by atoms with Crippen LogP contribution in [0, 0.1) is 0 Å². The van der Waals surface area contributed by atoms with Gasteiger partial charge < -0.3 is 8.60 Å². The second-order valence-corrected chi connectivity index (χ2v) is 7.42. The first kappa shape index (κ1) is 15.8. The molecule has 1 heterocycles. The van der Waals surface area contributed by atoms with Gasteiger partial charge in [0.1, 0.15) is 17.1 Å². The first-order chi connectivity index (χ1) is 10.8. The number of benzene rings is 2. The van der Waals surface area contributed by atoms with Gasteiger partial charge in [-0.3, -0.25) is 4.79 Å². The summed E-state index contributed by atoms with van der Waals surface area (Å²) in [7, 11) is -3.65. The Morgan fingerprint density at radius 1 is 1.04 bits per heavy atom. The predicted molar refractivity (Wildman–Crippen MR) is 91.1 cm³/mol. The van der Waals surface area contributed by atoms with E-state index in [0.717, 1.165) is 16.3 Å². The highest BCUT2D eigenvalue weighted by atomic mass is 79.9. The van der Waals surface area contributed by atoms with E-state index in [1.54, 1.807) is 0 Å². The molecule has 118 valence electrons. The van der Waals surface area contributed by atoms with Crippen LogP contribution in [0.4, 0.5) is 0 Å². The van der Waals surface area contributed by atoms with Gasteiger partial charge in [-0.25, -0.2) is 0 Å². The molecule has 0 aliphatic carbocycles. The molecule has 0 saturated heterocycles. The Balaban J connectivity index is 2.15. The molecule has 5 nitrogen and oxygen atoms in total. The summed E-state index contributed by atoms with van der Waals surface area (Å²) < 4.78 is 33.9. The summed E-state index contributed by atoms with van der Waals surface area (Å²) in [6.45, 7) is 0. The minimum Gasteiger partial charge on any atom is -0.456 e. The van der Waals surface area contributed by atoms with Crippen molar-refractivity contribution >= 4 is 37.0 Å². The van der Waals surface area contributed by atoms with Crippen molar-refractivity contribution < 1.29 is 17.0 Å². The largest absolute Gasteiger partial charge is 0.456 e. The van der Waals surface area contributed by atoms with E-state index in [4.69, 9.17) is 8.60 Å². The minimum absolute atomic E-state index is 0.0936. The van der Waals surface area contributed by atoms with Crippen molar-refractivity contribution in [3.8, 4) is 17.1 Å². The lowest BCUT2D eigenvalue weighted by Gasteiger charge is -2.06. The fourth-order valence-corrected chi connectivity index (χ4v) is 2.84. The maximum Gasteiger partial charge on any atom is 0.306 e. The SMILES string of the molecule is CS(=O)(=O)Oc1ccc2c(=O)cc(-c3ccc(Br)cc3)oc2c1. The Kier molecular flexibility index (Phi) is 3.99. The molecule has 0 radical (unpaired) electrons. The molecular formula is C16H11BrO5S. The van der Waals surface area contributed by atoms with Crippen molar-refractivity contribution in [2.24, 2.45) is 0 Å². The van der Waals surface area contributed by atoms with Crippen molar-refractivity contribution in [1.82, 2.24) is 0 Å². The predicted octanol–water partition coefficient (Wildman–Crippen LogP) is 3.56. The highest BCUT2D eigenvalue weighted by Gasteiger charge is 2.10. The smallest absolute Gasteiger partial charge is 0.306 e. The van der Waals surface area contributed by atoms with E-state index in [1.165, 1.54) is 24.3 Å². The van der Waals surface area contributed by atoms with Gasteiger partial charge in [-0.05, 0) is 24.3 Å². The number of hydrogen-bond donors (Lipinski definition) is 0. The molecule has 0 bridgehead atoms. The number of fused-ring (bicyclic) bond motifs is 1. The molecule has 1 aromatic heterocycles. The summed E-state index contributed by atoms with van der Waals surface area (Å²) in [5.74, 6) is 0.489. The van der Waals surface area contributed by atoms with Crippen LogP contribution in [-0.2, 0) is 10.1 Å². The first-order valence-electron chi connectivity index (χ1n) is 6.55. The fraction of sp³-hybridized carbons (Fsp3) is 0.0625. The van der Waals surface area contributed by atoms with Crippen molar-refractivity contribution in [2.75, 3.05) is 6.26 Å². The average molecular weight is 395 g/mol. The normalized spacial score (nSPS) is 11.6. The highest BCUT2D eigenvalue weighted by molar-refractivity contribution is 9.10. The topological polar surface area (TPSA) is 73.6 Å². The quantitative estimate of drug-likeness (QED) is 0.634. The summed E-state index contributed by atoms with van der Waals surface area (Å²) in [4.78, 5) is 12.2. The zero-order chi connectivity index (χ0) is 16.6. The second-order valence-electron chi connectivity index (χ2n) is 4.93. The van der Waals surface area contributed by atoms with Crippen molar-refractivity contribution in [2.45, 2.75) is 0 Å². The molecule has 3 aromatic rings. The summed E-state index contributed by atoms with van der Waals surface area (Å²) in [5, 5.41) is 0.353. The number of hydrogen-bond acceptors (Lipinski definition) is 5. The van der Waals surface area contributed by atoms with Gasteiger partial charge in [0.15, 0.2) is 5.43 Å². The Bertz CT molecular complexity index is 1040. The van der Waals surface area contributed by atoms with Crippen LogP contribution in [0.25, 0.3) is 22.3 Å². The molecule has 0 aliphatic rings. The van der Waals surface area contributed by atoms with E-state index >= 15 is 0 Å². The Morgan fingerprint density at radius 3 is 2.39 bits per heavy atom. The second kappa shape index (κ2) is 5.82. The van der Waals surface area contributed by atoms with Crippen LogP contribution in [0.15, 0.2) is 62.2 Å². The van der Waals surface area contributed by atoms with Gasteiger partial charge in [0.2, 0.25) is 0 Å². The standard InChI is InChI=1S/C16H11BrO5S/c1-23(19,20)22-12-6-7-13-14(18)9-15(21-16(13)8-12)10-2-4-11(17)5-3-10/h2-9H,1H3. The molecule has 3 rings (SSSR count). The van der Waals surface area contributed by atoms with Crippen molar-refractivity contribution in [1.29, 1.82) is 0 Å². The lowest BCUT2D eigenvalue weighted by Crippen LogP contribution is -2.06.